The second-order valence-electron chi connectivity index (χ2n) is 2.14. The van der Waals surface area contributed by atoms with Crippen molar-refractivity contribution in [2.75, 3.05) is 13.2 Å². The minimum atomic E-state index is -1.96. The van der Waals surface area contributed by atoms with E-state index in [1.54, 1.807) is 0 Å². The Labute approximate surface area is 68.1 Å². The van der Waals surface area contributed by atoms with Crippen molar-refractivity contribution in [3.05, 3.63) is 0 Å². The first-order chi connectivity index (χ1) is 5.54. The Bertz CT molecular complexity index is 177. The summed E-state index contributed by atoms with van der Waals surface area (Å²) in [5.41, 5.74) is 0. The fraction of sp³-hybridized carbons (Fsp3) is 0.667. The summed E-state index contributed by atoms with van der Waals surface area (Å²) >= 11 is 0. The van der Waals surface area contributed by atoms with Gasteiger partial charge in [0.1, 0.15) is 18.8 Å². The van der Waals surface area contributed by atoms with Crippen molar-refractivity contribution in [3.63, 3.8) is 0 Å². The van der Waals surface area contributed by atoms with Gasteiger partial charge in [-0.2, -0.15) is 0 Å². The molecule has 0 aromatic heterocycles. The Morgan fingerprint density at radius 2 is 1.67 bits per heavy atom. The van der Waals surface area contributed by atoms with Gasteiger partial charge in [-0.05, 0) is 0 Å². The lowest BCUT2D eigenvalue weighted by Crippen LogP contribution is -2.41. The Balaban J connectivity index is 4.19. The molecule has 0 amide bonds. The first-order valence-electron chi connectivity index (χ1n) is 3.19. The molecule has 6 heteroatoms. The zero-order valence-corrected chi connectivity index (χ0v) is 6.17. The molecule has 4 N–H and O–H groups in total. The Morgan fingerprint density at radius 1 is 1.17 bits per heavy atom. The fourth-order valence-corrected chi connectivity index (χ4v) is 0.517. The van der Waals surface area contributed by atoms with E-state index in [4.69, 9.17) is 20.4 Å². The third-order valence-corrected chi connectivity index (χ3v) is 1.24. The molecule has 0 aliphatic heterocycles. The van der Waals surface area contributed by atoms with Crippen molar-refractivity contribution in [2.24, 2.45) is 0 Å². The Hall–Kier alpha value is -0.820. The molecular formula is C6H10O6. The predicted octanol–water partition coefficient (Wildman–Crippen LogP) is -3.17. The molecule has 0 bridgehead atoms. The third kappa shape index (κ3) is 2.67. The van der Waals surface area contributed by atoms with Crippen LogP contribution in [0.1, 0.15) is 0 Å². The van der Waals surface area contributed by atoms with Crippen LogP contribution in [0.2, 0.25) is 0 Å². The van der Waals surface area contributed by atoms with Crippen LogP contribution < -0.4 is 0 Å². The summed E-state index contributed by atoms with van der Waals surface area (Å²) in [6.07, 6.45) is -3.65. The number of hydrogen-bond donors (Lipinski definition) is 4. The summed E-state index contributed by atoms with van der Waals surface area (Å²) in [6, 6.07) is 0. The SMILES string of the molecule is O=C(CO)C(=O)[C@H](O)[C@H](O)CO. The topological polar surface area (TPSA) is 115 Å². The monoisotopic (exact) mass is 178 g/mol. The van der Waals surface area contributed by atoms with Crippen LogP contribution in [0.5, 0.6) is 0 Å². The minimum absolute atomic E-state index is 0.828. The van der Waals surface area contributed by atoms with Crippen molar-refractivity contribution in [1.82, 2.24) is 0 Å². The van der Waals surface area contributed by atoms with E-state index in [1.165, 1.54) is 0 Å². The summed E-state index contributed by atoms with van der Waals surface area (Å²) in [5, 5.41) is 33.9. The molecule has 0 aromatic carbocycles. The van der Waals surface area contributed by atoms with Gasteiger partial charge < -0.3 is 20.4 Å². The maximum atomic E-state index is 10.6. The lowest BCUT2D eigenvalue weighted by molar-refractivity contribution is -0.147. The molecule has 12 heavy (non-hydrogen) atoms. The number of Topliss-reactive ketones (excluding diaryl/α,β-unsaturated/α-hetero) is 2. The highest BCUT2D eigenvalue weighted by Crippen LogP contribution is 1.95. The summed E-state index contributed by atoms with van der Waals surface area (Å²) in [6.45, 7) is -1.85. The lowest BCUT2D eigenvalue weighted by Gasteiger charge is -2.12. The maximum absolute atomic E-state index is 10.6. The average molecular weight is 178 g/mol. The molecule has 6 nitrogen and oxygen atoms in total. The largest absolute Gasteiger partial charge is 0.394 e. The van der Waals surface area contributed by atoms with Crippen LogP contribution in [0.3, 0.4) is 0 Å². The standard InChI is InChI=1S/C6H10O6/c7-1-3(9)5(11)6(12)4(10)2-8/h3,5,7-9,11H,1-2H2/t3-,5-/m1/s1. The first-order valence-corrected chi connectivity index (χ1v) is 3.19. The van der Waals surface area contributed by atoms with Crippen LogP contribution in [-0.2, 0) is 9.59 Å². The van der Waals surface area contributed by atoms with E-state index in [0.29, 0.717) is 0 Å². The van der Waals surface area contributed by atoms with Crippen molar-refractivity contribution in [2.45, 2.75) is 12.2 Å². The zero-order chi connectivity index (χ0) is 9.72. The molecule has 0 heterocycles. The van der Waals surface area contributed by atoms with E-state index in [2.05, 4.69) is 0 Å². The van der Waals surface area contributed by atoms with Crippen LogP contribution in [0.25, 0.3) is 0 Å². The summed E-state index contributed by atoms with van der Waals surface area (Å²) in [5.74, 6) is -2.51. The minimum Gasteiger partial charge on any atom is -0.394 e. The summed E-state index contributed by atoms with van der Waals surface area (Å²) < 4.78 is 0. The second-order valence-corrected chi connectivity index (χ2v) is 2.14. The van der Waals surface area contributed by atoms with Gasteiger partial charge in [0.25, 0.3) is 0 Å². The van der Waals surface area contributed by atoms with Crippen LogP contribution in [0.4, 0.5) is 0 Å². The van der Waals surface area contributed by atoms with Crippen molar-refractivity contribution >= 4 is 11.6 Å². The van der Waals surface area contributed by atoms with Crippen LogP contribution in [0, 0.1) is 0 Å². The lowest BCUT2D eigenvalue weighted by atomic mass is 10.1. The van der Waals surface area contributed by atoms with E-state index >= 15 is 0 Å². The molecule has 0 unspecified atom stereocenters. The molecule has 0 rings (SSSR count). The smallest absolute Gasteiger partial charge is 0.231 e. The van der Waals surface area contributed by atoms with Crippen molar-refractivity contribution < 1.29 is 30.0 Å². The van der Waals surface area contributed by atoms with Crippen molar-refractivity contribution in [1.29, 1.82) is 0 Å². The number of aliphatic hydroxyl groups excluding tert-OH is 4. The van der Waals surface area contributed by atoms with Crippen LogP contribution >= 0.6 is 0 Å². The average Bonchev–Trinajstić information content (AvgIpc) is 2.12. The number of rotatable bonds is 5. The van der Waals surface area contributed by atoms with Gasteiger partial charge in [-0.1, -0.05) is 0 Å². The second kappa shape index (κ2) is 4.94. The van der Waals surface area contributed by atoms with Gasteiger partial charge in [-0.25, -0.2) is 0 Å². The summed E-state index contributed by atoms with van der Waals surface area (Å²) in [4.78, 5) is 21.1. The highest BCUT2D eigenvalue weighted by atomic mass is 16.4. The maximum Gasteiger partial charge on any atom is 0.231 e. The predicted molar refractivity (Wildman–Crippen MR) is 36.2 cm³/mol. The number of hydrogen-bond acceptors (Lipinski definition) is 6. The molecule has 0 saturated carbocycles. The van der Waals surface area contributed by atoms with Gasteiger partial charge >= 0.3 is 0 Å². The van der Waals surface area contributed by atoms with Gasteiger partial charge in [0.15, 0.2) is 0 Å². The van der Waals surface area contributed by atoms with Gasteiger partial charge in [0.2, 0.25) is 11.6 Å². The molecule has 0 radical (unpaired) electrons. The molecule has 2 atom stereocenters. The summed E-state index contributed by atoms with van der Waals surface area (Å²) in [7, 11) is 0. The molecule has 0 aromatic rings. The van der Waals surface area contributed by atoms with E-state index in [9.17, 15) is 9.59 Å². The van der Waals surface area contributed by atoms with Crippen LogP contribution in [-0.4, -0.2) is 57.4 Å². The highest BCUT2D eigenvalue weighted by Gasteiger charge is 2.28. The molecule has 0 saturated heterocycles. The molecule has 0 fully saturated rings. The molecule has 0 aliphatic rings. The normalized spacial score (nSPS) is 15.3. The Morgan fingerprint density at radius 3 is 2.00 bits per heavy atom. The van der Waals surface area contributed by atoms with Gasteiger partial charge in [0, 0.05) is 0 Å². The van der Waals surface area contributed by atoms with E-state index < -0.39 is 37.0 Å². The number of carbonyl (C=O) groups excluding carboxylic acids is 2. The van der Waals surface area contributed by atoms with E-state index in [-0.39, 0.29) is 0 Å². The van der Waals surface area contributed by atoms with Gasteiger partial charge in [-0.15, -0.1) is 0 Å². The molecule has 0 spiro atoms. The molecule has 70 valence electrons. The quantitative estimate of drug-likeness (QED) is 0.330. The van der Waals surface area contributed by atoms with Gasteiger partial charge in [-0.3, -0.25) is 9.59 Å². The van der Waals surface area contributed by atoms with E-state index in [1.807, 2.05) is 0 Å². The zero-order valence-electron chi connectivity index (χ0n) is 6.17. The fourth-order valence-electron chi connectivity index (χ4n) is 0.517. The van der Waals surface area contributed by atoms with Crippen molar-refractivity contribution in [3.8, 4) is 0 Å². The van der Waals surface area contributed by atoms with Gasteiger partial charge in [0.05, 0.1) is 6.61 Å². The Kier molecular flexibility index (Phi) is 4.60. The first kappa shape index (κ1) is 11.2. The molecule has 0 aliphatic carbocycles. The van der Waals surface area contributed by atoms with Crippen LogP contribution in [0.15, 0.2) is 0 Å². The molecular weight excluding hydrogens is 168 g/mol. The third-order valence-electron chi connectivity index (χ3n) is 1.24. The highest BCUT2D eigenvalue weighted by molar-refractivity contribution is 6.39. The number of ketones is 2. The number of aliphatic hydroxyl groups is 4. The number of carbonyl (C=O) groups is 2. The van der Waals surface area contributed by atoms with E-state index in [0.717, 1.165) is 0 Å².